The number of rotatable bonds is 5. The molecule has 7 nitrogen and oxygen atoms in total. The monoisotopic (exact) mass is 368 g/mol. The summed E-state index contributed by atoms with van der Waals surface area (Å²) in [4.78, 5) is 23.9. The number of nitrogens with one attached hydrogen (secondary N) is 2. The van der Waals surface area contributed by atoms with Crippen LogP contribution in [0.25, 0.3) is 0 Å². The number of hydrogen-bond acceptors (Lipinski definition) is 5. The Balaban J connectivity index is 1.89. The lowest BCUT2D eigenvalue weighted by atomic mass is 10.2. The molecule has 2 rings (SSSR count). The average molecular weight is 368 g/mol. The van der Waals surface area contributed by atoms with E-state index in [0.29, 0.717) is 11.4 Å². The van der Waals surface area contributed by atoms with Gasteiger partial charge < -0.3 is 15.4 Å². The van der Waals surface area contributed by atoms with E-state index in [2.05, 4.69) is 20.9 Å². The summed E-state index contributed by atoms with van der Waals surface area (Å²) in [6, 6.07) is 15.6. The molecular weight excluding hydrogens is 344 g/mol. The van der Waals surface area contributed by atoms with Gasteiger partial charge in [0, 0.05) is 5.69 Å². The third-order valence-electron chi connectivity index (χ3n) is 3.30. The van der Waals surface area contributed by atoms with Crippen molar-refractivity contribution in [1.82, 2.24) is 5.32 Å². The van der Waals surface area contributed by atoms with Crippen LogP contribution in [0.5, 0.6) is 0 Å². The predicted molar refractivity (Wildman–Crippen MR) is 105 cm³/mol. The fourth-order valence-electron chi connectivity index (χ4n) is 2.02. The summed E-state index contributed by atoms with van der Waals surface area (Å²) in [6.45, 7) is 6.86. The van der Waals surface area contributed by atoms with Gasteiger partial charge in [0.15, 0.2) is 0 Å². The molecule has 0 bridgehead atoms. The normalized spacial score (nSPS) is 12.4. The third kappa shape index (κ3) is 7.27. The number of nitrogens with zero attached hydrogens (tertiary/aromatic N) is 2. The third-order valence-corrected chi connectivity index (χ3v) is 3.30. The molecule has 0 saturated heterocycles. The summed E-state index contributed by atoms with van der Waals surface area (Å²) < 4.78 is 5.13. The second-order valence-corrected chi connectivity index (χ2v) is 6.94. The zero-order valence-electron chi connectivity index (χ0n) is 15.9. The number of azo groups is 1. The summed E-state index contributed by atoms with van der Waals surface area (Å²) >= 11 is 0. The first-order valence-corrected chi connectivity index (χ1v) is 8.60. The van der Waals surface area contributed by atoms with Gasteiger partial charge in [0.05, 0.1) is 11.4 Å². The standard InChI is InChI=1S/C20H24N4O3/c1-14(21-19(26)27-20(2,3)4)18(25)22-15-10-12-17(13-11-15)24-23-16-8-6-5-7-9-16/h5-14H,1-4H3,(H,21,26)(H,22,25). The van der Waals surface area contributed by atoms with Crippen molar-refractivity contribution in [2.24, 2.45) is 10.2 Å². The second kappa shape index (κ2) is 8.93. The van der Waals surface area contributed by atoms with Crippen LogP contribution < -0.4 is 10.6 Å². The van der Waals surface area contributed by atoms with Crippen LogP contribution in [0, 0.1) is 0 Å². The van der Waals surface area contributed by atoms with Crippen LogP contribution in [-0.4, -0.2) is 23.6 Å². The Kier molecular flexibility index (Phi) is 6.65. The van der Waals surface area contributed by atoms with Crippen molar-refractivity contribution in [2.75, 3.05) is 5.32 Å². The maximum atomic E-state index is 12.2. The molecular formula is C20H24N4O3. The van der Waals surface area contributed by atoms with Crippen molar-refractivity contribution in [2.45, 2.75) is 39.3 Å². The Morgan fingerprint density at radius 3 is 2.04 bits per heavy atom. The molecule has 1 atom stereocenters. The average Bonchev–Trinajstić information content (AvgIpc) is 2.60. The maximum Gasteiger partial charge on any atom is 0.408 e. The van der Waals surface area contributed by atoms with E-state index in [1.165, 1.54) is 0 Å². The Morgan fingerprint density at radius 2 is 1.48 bits per heavy atom. The summed E-state index contributed by atoms with van der Waals surface area (Å²) in [7, 11) is 0. The summed E-state index contributed by atoms with van der Waals surface area (Å²) in [5.41, 5.74) is 1.40. The van der Waals surface area contributed by atoms with E-state index in [-0.39, 0.29) is 5.91 Å². The van der Waals surface area contributed by atoms with Gasteiger partial charge in [0.25, 0.3) is 0 Å². The fraction of sp³-hybridized carbons (Fsp3) is 0.300. The number of ether oxygens (including phenoxy) is 1. The largest absolute Gasteiger partial charge is 0.444 e. The van der Waals surface area contributed by atoms with Gasteiger partial charge in [-0.1, -0.05) is 18.2 Å². The number of hydrogen-bond donors (Lipinski definition) is 2. The van der Waals surface area contributed by atoms with Crippen LogP contribution in [0.1, 0.15) is 27.7 Å². The molecule has 2 amide bonds. The highest BCUT2D eigenvalue weighted by molar-refractivity contribution is 5.96. The van der Waals surface area contributed by atoms with Crippen molar-refractivity contribution >= 4 is 29.1 Å². The summed E-state index contributed by atoms with van der Waals surface area (Å²) in [6.07, 6.45) is -0.637. The lowest BCUT2D eigenvalue weighted by Gasteiger charge is -2.21. The molecule has 2 N–H and O–H groups in total. The maximum absolute atomic E-state index is 12.2. The molecule has 0 radical (unpaired) electrons. The van der Waals surface area contributed by atoms with Gasteiger partial charge in [0.1, 0.15) is 11.6 Å². The van der Waals surface area contributed by atoms with Gasteiger partial charge in [-0.2, -0.15) is 10.2 Å². The van der Waals surface area contributed by atoms with Gasteiger partial charge in [-0.15, -0.1) is 0 Å². The molecule has 7 heteroatoms. The Labute approximate surface area is 158 Å². The molecule has 2 aromatic carbocycles. The molecule has 2 aromatic rings. The van der Waals surface area contributed by atoms with Crippen molar-refractivity contribution in [3.63, 3.8) is 0 Å². The molecule has 0 aliphatic rings. The quantitative estimate of drug-likeness (QED) is 0.731. The van der Waals surface area contributed by atoms with E-state index >= 15 is 0 Å². The number of anilines is 1. The number of carbonyl (C=O) groups excluding carboxylic acids is 2. The van der Waals surface area contributed by atoms with Gasteiger partial charge in [-0.05, 0) is 64.1 Å². The second-order valence-electron chi connectivity index (χ2n) is 6.94. The van der Waals surface area contributed by atoms with Crippen LogP contribution in [0.4, 0.5) is 21.9 Å². The Hall–Kier alpha value is -3.22. The fourth-order valence-corrected chi connectivity index (χ4v) is 2.02. The predicted octanol–water partition coefficient (Wildman–Crippen LogP) is 4.95. The summed E-state index contributed by atoms with van der Waals surface area (Å²) in [5.74, 6) is -0.348. The molecule has 142 valence electrons. The van der Waals surface area contributed by atoms with Crippen molar-refractivity contribution in [3.8, 4) is 0 Å². The van der Waals surface area contributed by atoms with Crippen LogP contribution in [0.2, 0.25) is 0 Å². The van der Waals surface area contributed by atoms with E-state index in [4.69, 9.17) is 4.74 Å². The van der Waals surface area contributed by atoms with Crippen molar-refractivity contribution < 1.29 is 14.3 Å². The van der Waals surface area contributed by atoms with Crippen molar-refractivity contribution in [1.29, 1.82) is 0 Å². The number of benzene rings is 2. The smallest absolute Gasteiger partial charge is 0.408 e. The first-order valence-electron chi connectivity index (χ1n) is 8.60. The van der Waals surface area contributed by atoms with Gasteiger partial charge in [-0.3, -0.25) is 4.79 Å². The first-order chi connectivity index (χ1) is 12.7. The van der Waals surface area contributed by atoms with E-state index in [1.54, 1.807) is 52.0 Å². The number of carbonyl (C=O) groups is 2. The lowest BCUT2D eigenvalue weighted by molar-refractivity contribution is -0.117. The highest BCUT2D eigenvalue weighted by Gasteiger charge is 2.21. The van der Waals surface area contributed by atoms with Gasteiger partial charge >= 0.3 is 6.09 Å². The molecule has 0 aromatic heterocycles. The van der Waals surface area contributed by atoms with Crippen LogP contribution >= 0.6 is 0 Å². The molecule has 1 unspecified atom stereocenters. The van der Waals surface area contributed by atoms with Crippen LogP contribution in [0.15, 0.2) is 64.8 Å². The lowest BCUT2D eigenvalue weighted by Crippen LogP contribution is -2.43. The van der Waals surface area contributed by atoms with Crippen molar-refractivity contribution in [3.05, 3.63) is 54.6 Å². The summed E-state index contributed by atoms with van der Waals surface area (Å²) in [5, 5.41) is 13.5. The minimum Gasteiger partial charge on any atom is -0.444 e. The topological polar surface area (TPSA) is 92.1 Å². The molecule has 0 heterocycles. The highest BCUT2D eigenvalue weighted by atomic mass is 16.6. The zero-order valence-corrected chi connectivity index (χ0v) is 15.9. The van der Waals surface area contributed by atoms with E-state index in [0.717, 1.165) is 5.69 Å². The highest BCUT2D eigenvalue weighted by Crippen LogP contribution is 2.20. The molecule has 0 saturated carbocycles. The van der Waals surface area contributed by atoms with E-state index in [1.807, 2.05) is 30.3 Å². The first kappa shape index (κ1) is 20.1. The number of alkyl carbamates (subject to hydrolysis) is 1. The van der Waals surface area contributed by atoms with Crippen LogP contribution in [0.3, 0.4) is 0 Å². The molecule has 0 aliphatic carbocycles. The molecule has 0 aliphatic heterocycles. The van der Waals surface area contributed by atoms with Gasteiger partial charge in [-0.25, -0.2) is 4.79 Å². The molecule has 0 spiro atoms. The van der Waals surface area contributed by atoms with Crippen LogP contribution in [-0.2, 0) is 9.53 Å². The SMILES string of the molecule is CC(NC(=O)OC(C)(C)C)C(=O)Nc1ccc(N=Nc2ccccc2)cc1. The van der Waals surface area contributed by atoms with E-state index in [9.17, 15) is 9.59 Å². The minimum absolute atomic E-state index is 0.348. The minimum atomic E-state index is -0.739. The number of amides is 2. The Bertz CT molecular complexity index is 796. The molecule has 0 fully saturated rings. The Morgan fingerprint density at radius 1 is 0.926 bits per heavy atom. The van der Waals surface area contributed by atoms with E-state index < -0.39 is 17.7 Å². The molecule has 27 heavy (non-hydrogen) atoms. The zero-order chi connectivity index (χ0) is 19.9. The van der Waals surface area contributed by atoms with Gasteiger partial charge in [0.2, 0.25) is 5.91 Å².